The number of para-hydroxylation sites is 2. The molecule has 6 nitrogen and oxygen atoms in total. The van der Waals surface area contributed by atoms with Gasteiger partial charge < -0.3 is 4.57 Å². The number of aromatic nitrogens is 1. The zero-order chi connectivity index (χ0) is 27.9. The van der Waals surface area contributed by atoms with Crippen LogP contribution in [0.5, 0.6) is 0 Å². The average Bonchev–Trinajstić information content (AvgIpc) is 3.19. The highest BCUT2D eigenvalue weighted by molar-refractivity contribution is 6.46. The predicted molar refractivity (Wildman–Crippen MR) is 155 cm³/mol. The van der Waals surface area contributed by atoms with Crippen LogP contribution >= 0.6 is 0 Å². The summed E-state index contributed by atoms with van der Waals surface area (Å²) in [5.41, 5.74) is 5.59. The number of carbonyl (C=O) groups is 3. The summed E-state index contributed by atoms with van der Waals surface area (Å²) in [6.45, 7) is 10.5. The number of amides is 4. The molecule has 4 aromatic rings. The standard InChI is InChI=1S/C33H31N3O3/c1-22-20-24(23(2)34(22)28-18-16-25(17-19-28)33(3,4)5)21-29-30(37)35(26-12-8-6-9-13-26)32(39)36(31(29)38)27-14-10-7-11-15-27/h6-21H,1-5H3. The topological polar surface area (TPSA) is 62.6 Å². The molecule has 1 aromatic heterocycles. The highest BCUT2D eigenvalue weighted by atomic mass is 16.2. The highest BCUT2D eigenvalue weighted by Crippen LogP contribution is 2.31. The van der Waals surface area contributed by atoms with E-state index < -0.39 is 17.8 Å². The van der Waals surface area contributed by atoms with E-state index in [1.807, 2.05) is 32.0 Å². The number of urea groups is 1. The Morgan fingerprint density at radius 1 is 0.641 bits per heavy atom. The van der Waals surface area contributed by atoms with Crippen molar-refractivity contribution in [2.45, 2.75) is 40.0 Å². The molecule has 2 heterocycles. The van der Waals surface area contributed by atoms with Gasteiger partial charge in [-0.15, -0.1) is 0 Å². The van der Waals surface area contributed by atoms with Gasteiger partial charge in [-0.3, -0.25) is 9.59 Å². The van der Waals surface area contributed by atoms with Crippen molar-refractivity contribution in [3.63, 3.8) is 0 Å². The van der Waals surface area contributed by atoms with Crippen molar-refractivity contribution in [1.29, 1.82) is 0 Å². The first-order valence-electron chi connectivity index (χ1n) is 12.9. The van der Waals surface area contributed by atoms with E-state index in [0.29, 0.717) is 11.4 Å². The second-order valence-electron chi connectivity index (χ2n) is 10.8. The van der Waals surface area contributed by atoms with Gasteiger partial charge in [0.25, 0.3) is 11.8 Å². The Morgan fingerprint density at radius 3 is 1.59 bits per heavy atom. The van der Waals surface area contributed by atoms with Crippen LogP contribution in [-0.2, 0) is 15.0 Å². The Kier molecular flexibility index (Phi) is 6.56. The maximum atomic E-state index is 13.7. The second-order valence-corrected chi connectivity index (χ2v) is 10.8. The summed E-state index contributed by atoms with van der Waals surface area (Å²) < 4.78 is 2.10. The van der Waals surface area contributed by atoms with E-state index in [1.54, 1.807) is 54.6 Å². The van der Waals surface area contributed by atoms with Crippen LogP contribution in [0.15, 0.2) is 96.6 Å². The fraction of sp³-hybridized carbons (Fsp3) is 0.182. The fourth-order valence-electron chi connectivity index (χ4n) is 4.94. The van der Waals surface area contributed by atoms with Crippen molar-refractivity contribution in [2.75, 3.05) is 9.80 Å². The number of carbonyl (C=O) groups excluding carboxylic acids is 3. The summed E-state index contributed by atoms with van der Waals surface area (Å²) in [4.78, 5) is 43.1. The molecule has 0 unspecified atom stereocenters. The third-order valence-corrected chi connectivity index (χ3v) is 7.04. The molecule has 6 heteroatoms. The van der Waals surface area contributed by atoms with Gasteiger partial charge in [0.15, 0.2) is 0 Å². The molecule has 0 saturated carbocycles. The van der Waals surface area contributed by atoms with Crippen LogP contribution in [0.3, 0.4) is 0 Å². The van der Waals surface area contributed by atoms with E-state index >= 15 is 0 Å². The van der Waals surface area contributed by atoms with Crippen molar-refractivity contribution in [3.8, 4) is 5.69 Å². The number of hydrogen-bond donors (Lipinski definition) is 0. The molecule has 1 fully saturated rings. The number of imide groups is 2. The molecule has 4 amide bonds. The summed E-state index contributed by atoms with van der Waals surface area (Å²) in [5.74, 6) is -1.30. The SMILES string of the molecule is Cc1cc(C=C2C(=O)N(c3ccccc3)C(=O)N(c3ccccc3)C2=O)c(C)n1-c1ccc(C(C)(C)C)cc1. The van der Waals surface area contributed by atoms with Crippen molar-refractivity contribution in [3.05, 3.63) is 119 Å². The number of hydrogen-bond acceptors (Lipinski definition) is 3. The Morgan fingerprint density at radius 2 is 1.13 bits per heavy atom. The Labute approximate surface area is 228 Å². The number of benzene rings is 3. The molecule has 0 spiro atoms. The van der Waals surface area contributed by atoms with E-state index in [4.69, 9.17) is 0 Å². The molecule has 0 radical (unpaired) electrons. The zero-order valence-electron chi connectivity index (χ0n) is 22.8. The van der Waals surface area contributed by atoms with E-state index in [0.717, 1.165) is 32.4 Å². The minimum atomic E-state index is -0.705. The third-order valence-electron chi connectivity index (χ3n) is 7.04. The first-order valence-corrected chi connectivity index (χ1v) is 12.9. The van der Waals surface area contributed by atoms with Gasteiger partial charge in [0.2, 0.25) is 0 Å². The minimum Gasteiger partial charge on any atom is -0.318 e. The van der Waals surface area contributed by atoms with Gasteiger partial charge in [0.1, 0.15) is 5.57 Å². The van der Waals surface area contributed by atoms with E-state index in [-0.39, 0.29) is 11.0 Å². The average molecular weight is 518 g/mol. The van der Waals surface area contributed by atoms with Crippen molar-refractivity contribution < 1.29 is 14.4 Å². The smallest absolute Gasteiger partial charge is 0.318 e. The molecule has 1 aliphatic heterocycles. The molecule has 196 valence electrons. The fourth-order valence-corrected chi connectivity index (χ4v) is 4.94. The van der Waals surface area contributed by atoms with Crippen LogP contribution < -0.4 is 9.80 Å². The molecule has 39 heavy (non-hydrogen) atoms. The molecule has 1 aliphatic rings. The Bertz CT molecular complexity index is 1530. The van der Waals surface area contributed by atoms with Gasteiger partial charge in [-0.25, -0.2) is 14.6 Å². The molecule has 1 saturated heterocycles. The minimum absolute atomic E-state index is 0.0449. The normalized spacial score (nSPS) is 14.3. The van der Waals surface area contributed by atoms with Crippen LogP contribution in [0.25, 0.3) is 11.8 Å². The van der Waals surface area contributed by atoms with Crippen molar-refractivity contribution in [1.82, 2.24) is 4.57 Å². The maximum Gasteiger partial charge on any atom is 0.343 e. The Hall–Kier alpha value is -4.71. The van der Waals surface area contributed by atoms with Crippen LogP contribution in [-0.4, -0.2) is 22.4 Å². The van der Waals surface area contributed by atoms with E-state index in [1.165, 1.54) is 5.56 Å². The van der Waals surface area contributed by atoms with Gasteiger partial charge >= 0.3 is 6.03 Å². The number of anilines is 2. The van der Waals surface area contributed by atoms with E-state index in [9.17, 15) is 14.4 Å². The van der Waals surface area contributed by atoms with Gasteiger partial charge in [0.05, 0.1) is 11.4 Å². The monoisotopic (exact) mass is 517 g/mol. The lowest BCUT2D eigenvalue weighted by molar-refractivity contribution is -0.121. The molecular formula is C33H31N3O3. The van der Waals surface area contributed by atoms with Gasteiger partial charge in [0, 0.05) is 17.1 Å². The molecular weight excluding hydrogens is 486 g/mol. The molecule has 5 rings (SSSR count). The van der Waals surface area contributed by atoms with Crippen molar-refractivity contribution >= 4 is 35.3 Å². The summed E-state index contributed by atoms with van der Waals surface area (Å²) in [5, 5.41) is 0. The second kappa shape index (κ2) is 9.87. The number of rotatable bonds is 4. The third kappa shape index (κ3) is 4.70. The van der Waals surface area contributed by atoms with Crippen LogP contribution in [0.1, 0.15) is 43.3 Å². The largest absolute Gasteiger partial charge is 0.343 e. The molecule has 0 bridgehead atoms. The maximum absolute atomic E-state index is 13.7. The number of aryl methyl sites for hydroxylation is 1. The summed E-state index contributed by atoms with van der Waals surface area (Å²) >= 11 is 0. The summed E-state index contributed by atoms with van der Waals surface area (Å²) in [6, 6.07) is 27.0. The van der Waals surface area contributed by atoms with Gasteiger partial charge in [-0.1, -0.05) is 69.3 Å². The molecule has 0 atom stereocenters. The van der Waals surface area contributed by atoms with Crippen molar-refractivity contribution in [2.24, 2.45) is 0 Å². The lowest BCUT2D eigenvalue weighted by atomic mass is 9.87. The summed E-state index contributed by atoms with van der Waals surface area (Å²) in [6.07, 6.45) is 1.60. The van der Waals surface area contributed by atoms with Crippen LogP contribution in [0.2, 0.25) is 0 Å². The lowest BCUT2D eigenvalue weighted by Gasteiger charge is -2.33. The zero-order valence-corrected chi connectivity index (χ0v) is 22.8. The van der Waals surface area contributed by atoms with Crippen LogP contribution in [0, 0.1) is 13.8 Å². The van der Waals surface area contributed by atoms with Gasteiger partial charge in [-0.2, -0.15) is 0 Å². The van der Waals surface area contributed by atoms with Gasteiger partial charge in [-0.05, 0) is 78.9 Å². The first kappa shape index (κ1) is 25.9. The molecule has 0 N–H and O–H groups in total. The lowest BCUT2D eigenvalue weighted by Crippen LogP contribution is -2.57. The highest BCUT2D eigenvalue weighted by Gasteiger charge is 2.43. The molecule has 0 aliphatic carbocycles. The Balaban J connectivity index is 1.61. The predicted octanol–water partition coefficient (Wildman–Crippen LogP) is 6.98. The van der Waals surface area contributed by atoms with E-state index in [2.05, 4.69) is 49.6 Å². The summed E-state index contributed by atoms with van der Waals surface area (Å²) in [7, 11) is 0. The first-order chi connectivity index (χ1) is 18.6. The number of nitrogens with zero attached hydrogens (tertiary/aromatic N) is 3. The quantitative estimate of drug-likeness (QED) is 0.217. The van der Waals surface area contributed by atoms with Crippen LogP contribution in [0.4, 0.5) is 16.2 Å². The molecule has 3 aromatic carbocycles. The number of barbiturate groups is 1.